The van der Waals surface area contributed by atoms with Gasteiger partial charge in [0.25, 0.3) is 0 Å². The Morgan fingerprint density at radius 3 is 2.43 bits per heavy atom. The summed E-state index contributed by atoms with van der Waals surface area (Å²) in [6, 6.07) is 17.4. The van der Waals surface area contributed by atoms with Crippen molar-refractivity contribution in [3.8, 4) is 0 Å². The van der Waals surface area contributed by atoms with Crippen LogP contribution in [0.5, 0.6) is 0 Å². The first kappa shape index (κ1) is 14.0. The number of halogens is 3. The summed E-state index contributed by atoms with van der Waals surface area (Å²) >= 11 is 6.26. The van der Waals surface area contributed by atoms with Crippen LogP contribution in [-0.2, 0) is 6.42 Å². The van der Waals surface area contributed by atoms with Crippen molar-refractivity contribution in [2.24, 2.45) is 0 Å². The molecule has 0 saturated carbocycles. The molecule has 0 N–H and O–H groups in total. The molecule has 0 spiro atoms. The average Bonchev–Trinajstić information content (AvgIpc) is 2.49. The molecule has 0 aromatic heterocycles. The molecule has 0 amide bonds. The highest BCUT2D eigenvalue weighted by atomic mass is 35.5. The molecule has 0 fully saturated rings. The molecule has 106 valence electrons. The van der Waals surface area contributed by atoms with Gasteiger partial charge in [-0.05, 0) is 41.0 Å². The van der Waals surface area contributed by atoms with Gasteiger partial charge in [-0.3, -0.25) is 0 Å². The molecule has 0 aliphatic heterocycles. The molecule has 1 atom stereocenters. The van der Waals surface area contributed by atoms with E-state index in [1.807, 2.05) is 42.5 Å². The molecule has 0 saturated heterocycles. The van der Waals surface area contributed by atoms with E-state index in [0.29, 0.717) is 6.42 Å². The molecule has 1 unspecified atom stereocenters. The minimum atomic E-state index is -0.595. The summed E-state index contributed by atoms with van der Waals surface area (Å²) in [6.07, 6.45) is 0.451. The maximum absolute atomic E-state index is 13.7. The molecule has 0 nitrogen and oxygen atoms in total. The molecule has 21 heavy (non-hydrogen) atoms. The lowest BCUT2D eigenvalue weighted by Crippen LogP contribution is -2.00. The van der Waals surface area contributed by atoms with E-state index < -0.39 is 17.0 Å². The summed E-state index contributed by atoms with van der Waals surface area (Å²) in [6.45, 7) is 0. The van der Waals surface area contributed by atoms with Gasteiger partial charge in [0.05, 0.1) is 5.38 Å². The molecule has 0 heterocycles. The van der Waals surface area contributed by atoms with Gasteiger partial charge in [0.1, 0.15) is 11.6 Å². The first-order chi connectivity index (χ1) is 10.1. The lowest BCUT2D eigenvalue weighted by molar-refractivity contribution is 0.582. The van der Waals surface area contributed by atoms with Crippen molar-refractivity contribution < 1.29 is 8.78 Å². The highest BCUT2D eigenvalue weighted by Gasteiger charge is 2.15. The van der Waals surface area contributed by atoms with Gasteiger partial charge >= 0.3 is 0 Å². The number of alkyl halides is 1. The smallest absolute Gasteiger partial charge is 0.128 e. The second kappa shape index (κ2) is 5.82. The third kappa shape index (κ3) is 3.06. The number of hydrogen-bond donors (Lipinski definition) is 0. The first-order valence-electron chi connectivity index (χ1n) is 6.70. The van der Waals surface area contributed by atoms with Crippen molar-refractivity contribution >= 4 is 22.4 Å². The number of hydrogen-bond acceptors (Lipinski definition) is 0. The van der Waals surface area contributed by atoms with Crippen LogP contribution in [-0.4, -0.2) is 0 Å². The second-order valence-corrected chi connectivity index (χ2v) is 5.55. The van der Waals surface area contributed by atoms with E-state index in [2.05, 4.69) is 0 Å². The Labute approximate surface area is 127 Å². The van der Waals surface area contributed by atoms with Gasteiger partial charge in [0, 0.05) is 5.56 Å². The molecule has 0 bridgehead atoms. The molecular weight excluding hydrogens is 290 g/mol. The standard InChI is InChI=1S/C18H13ClF2/c19-17(16-11-15(20)7-8-18(16)21)10-12-5-6-13-3-1-2-4-14(13)9-12/h1-9,11,17H,10H2. The summed E-state index contributed by atoms with van der Waals surface area (Å²) in [5, 5.41) is 1.66. The van der Waals surface area contributed by atoms with Crippen LogP contribution in [0.15, 0.2) is 60.7 Å². The van der Waals surface area contributed by atoms with Crippen molar-refractivity contribution in [3.05, 3.63) is 83.4 Å². The third-order valence-electron chi connectivity index (χ3n) is 3.52. The monoisotopic (exact) mass is 302 g/mol. The average molecular weight is 303 g/mol. The largest absolute Gasteiger partial charge is 0.207 e. The Bertz CT molecular complexity index is 783. The SMILES string of the molecule is Fc1ccc(F)c(C(Cl)Cc2ccc3ccccc3c2)c1. The van der Waals surface area contributed by atoms with Gasteiger partial charge in [-0.2, -0.15) is 0 Å². The van der Waals surface area contributed by atoms with Gasteiger partial charge in [0.15, 0.2) is 0 Å². The second-order valence-electron chi connectivity index (χ2n) is 5.02. The van der Waals surface area contributed by atoms with Crippen molar-refractivity contribution in [1.29, 1.82) is 0 Å². The van der Waals surface area contributed by atoms with Gasteiger partial charge < -0.3 is 0 Å². The topological polar surface area (TPSA) is 0 Å². The lowest BCUT2D eigenvalue weighted by atomic mass is 10.0. The molecule has 3 rings (SSSR count). The maximum atomic E-state index is 13.7. The molecule has 0 aliphatic rings. The molecule has 3 heteroatoms. The van der Waals surface area contributed by atoms with Gasteiger partial charge in [-0.1, -0.05) is 42.5 Å². The van der Waals surface area contributed by atoms with Crippen molar-refractivity contribution in [1.82, 2.24) is 0 Å². The van der Waals surface area contributed by atoms with Crippen LogP contribution in [0.4, 0.5) is 8.78 Å². The Hall–Kier alpha value is -1.93. The third-order valence-corrected chi connectivity index (χ3v) is 3.91. The molecule has 0 radical (unpaired) electrons. The van der Waals surface area contributed by atoms with Crippen LogP contribution >= 0.6 is 11.6 Å². The van der Waals surface area contributed by atoms with Gasteiger partial charge in [-0.15, -0.1) is 11.6 Å². The number of fused-ring (bicyclic) bond motifs is 1. The van der Waals surface area contributed by atoms with E-state index in [0.717, 1.165) is 34.5 Å². The summed E-state index contributed by atoms with van der Waals surface area (Å²) < 4.78 is 27.0. The lowest BCUT2D eigenvalue weighted by Gasteiger charge is -2.12. The summed E-state index contributed by atoms with van der Waals surface area (Å²) in [7, 11) is 0. The fourth-order valence-electron chi connectivity index (χ4n) is 2.44. The minimum absolute atomic E-state index is 0.199. The van der Waals surface area contributed by atoms with Crippen molar-refractivity contribution in [2.45, 2.75) is 11.8 Å². The first-order valence-corrected chi connectivity index (χ1v) is 7.14. The van der Waals surface area contributed by atoms with Gasteiger partial charge in [-0.25, -0.2) is 8.78 Å². The predicted molar refractivity (Wildman–Crippen MR) is 82.6 cm³/mol. The zero-order valence-electron chi connectivity index (χ0n) is 11.2. The van der Waals surface area contributed by atoms with Crippen LogP contribution in [0.25, 0.3) is 10.8 Å². The quantitative estimate of drug-likeness (QED) is 0.549. The summed E-state index contributed by atoms with van der Waals surface area (Å²) in [5.74, 6) is -0.951. The highest BCUT2D eigenvalue weighted by molar-refractivity contribution is 6.21. The number of rotatable bonds is 3. The Morgan fingerprint density at radius 1 is 0.857 bits per heavy atom. The predicted octanol–water partition coefficient (Wildman–Crippen LogP) is 5.64. The van der Waals surface area contributed by atoms with Crippen molar-refractivity contribution in [2.75, 3.05) is 0 Å². The molecule has 0 aliphatic carbocycles. The van der Waals surface area contributed by atoms with E-state index in [1.54, 1.807) is 0 Å². The maximum Gasteiger partial charge on any atom is 0.128 e. The zero-order chi connectivity index (χ0) is 14.8. The minimum Gasteiger partial charge on any atom is -0.207 e. The van der Waals surface area contributed by atoms with E-state index in [9.17, 15) is 8.78 Å². The number of benzene rings is 3. The van der Waals surface area contributed by atoms with Crippen LogP contribution in [0, 0.1) is 11.6 Å². The van der Waals surface area contributed by atoms with Crippen LogP contribution in [0.1, 0.15) is 16.5 Å². The van der Waals surface area contributed by atoms with Gasteiger partial charge in [0.2, 0.25) is 0 Å². The molecular formula is C18H13ClF2. The Morgan fingerprint density at radius 2 is 1.62 bits per heavy atom. The van der Waals surface area contributed by atoms with E-state index in [1.165, 1.54) is 0 Å². The van der Waals surface area contributed by atoms with E-state index in [4.69, 9.17) is 11.6 Å². The fourth-order valence-corrected chi connectivity index (χ4v) is 2.78. The molecule has 3 aromatic rings. The molecule has 3 aromatic carbocycles. The van der Waals surface area contributed by atoms with Crippen LogP contribution in [0.2, 0.25) is 0 Å². The van der Waals surface area contributed by atoms with Crippen LogP contribution in [0.3, 0.4) is 0 Å². The summed E-state index contributed by atoms with van der Waals surface area (Å²) in [5.41, 5.74) is 1.20. The summed E-state index contributed by atoms with van der Waals surface area (Å²) in [4.78, 5) is 0. The van der Waals surface area contributed by atoms with Crippen LogP contribution < -0.4 is 0 Å². The zero-order valence-corrected chi connectivity index (χ0v) is 11.9. The highest BCUT2D eigenvalue weighted by Crippen LogP contribution is 2.29. The van der Waals surface area contributed by atoms with E-state index in [-0.39, 0.29) is 5.56 Å². The Kier molecular flexibility index (Phi) is 3.89. The normalized spacial score (nSPS) is 12.5. The fraction of sp³-hybridized carbons (Fsp3) is 0.111. The van der Waals surface area contributed by atoms with Crippen molar-refractivity contribution in [3.63, 3.8) is 0 Å². The van der Waals surface area contributed by atoms with E-state index >= 15 is 0 Å². The Balaban J connectivity index is 1.88.